The number of piperidine rings is 1. The Morgan fingerprint density at radius 1 is 1.24 bits per heavy atom. The lowest BCUT2D eigenvalue weighted by Crippen LogP contribution is -2.36. The van der Waals surface area contributed by atoms with Gasteiger partial charge < -0.3 is 9.32 Å². The second kappa shape index (κ2) is 8.02. The highest BCUT2D eigenvalue weighted by Gasteiger charge is 2.24. The van der Waals surface area contributed by atoms with Gasteiger partial charge in [0.25, 0.3) is 5.89 Å². The summed E-state index contributed by atoms with van der Waals surface area (Å²) in [6, 6.07) is 3.43. The van der Waals surface area contributed by atoms with Crippen LogP contribution in [0.25, 0.3) is 11.5 Å². The lowest BCUT2D eigenvalue weighted by Gasteiger charge is -2.30. The molecule has 0 N–H and O–H groups in total. The van der Waals surface area contributed by atoms with Crippen LogP contribution in [-0.4, -0.2) is 54.1 Å². The van der Waals surface area contributed by atoms with E-state index in [4.69, 9.17) is 4.42 Å². The number of halogens is 2. The summed E-state index contributed by atoms with van der Waals surface area (Å²) in [5.41, 5.74) is 2.10. The van der Waals surface area contributed by atoms with E-state index in [9.17, 15) is 13.6 Å². The van der Waals surface area contributed by atoms with Crippen LogP contribution in [-0.2, 0) is 11.3 Å². The highest BCUT2D eigenvalue weighted by molar-refractivity contribution is 5.73. The van der Waals surface area contributed by atoms with Crippen molar-refractivity contribution in [3.8, 4) is 11.5 Å². The maximum Gasteiger partial charge on any atom is 0.314 e. The van der Waals surface area contributed by atoms with Gasteiger partial charge in [0.1, 0.15) is 0 Å². The van der Waals surface area contributed by atoms with Crippen molar-refractivity contribution in [2.45, 2.75) is 38.7 Å². The van der Waals surface area contributed by atoms with Crippen molar-refractivity contribution in [1.29, 1.82) is 0 Å². The Morgan fingerprint density at radius 3 is 2.66 bits per heavy atom. The van der Waals surface area contributed by atoms with Gasteiger partial charge in [0.05, 0.1) is 23.5 Å². The van der Waals surface area contributed by atoms with Crippen molar-refractivity contribution in [3.05, 3.63) is 41.8 Å². The predicted octanol–water partition coefficient (Wildman–Crippen LogP) is 2.43. The molecule has 0 saturated carbocycles. The first-order valence-electron chi connectivity index (χ1n) is 9.22. The molecule has 3 aromatic heterocycles. The summed E-state index contributed by atoms with van der Waals surface area (Å²) in [7, 11) is 0. The van der Waals surface area contributed by atoms with Crippen LogP contribution in [0, 0.1) is 0 Å². The van der Waals surface area contributed by atoms with Crippen LogP contribution < -0.4 is 0 Å². The van der Waals surface area contributed by atoms with Crippen LogP contribution in [0.4, 0.5) is 8.78 Å². The van der Waals surface area contributed by atoms with E-state index in [0.717, 1.165) is 37.3 Å². The topological polar surface area (TPSA) is 103 Å². The molecule has 1 aliphatic rings. The molecule has 0 bridgehead atoms. The molecule has 0 unspecified atom stereocenters. The van der Waals surface area contributed by atoms with Gasteiger partial charge >= 0.3 is 6.43 Å². The number of nitrogens with zero attached hydrogens (tertiary/aromatic N) is 7. The standard InChI is InChI=1S/C18H19F2N7O2/c1-11(28)26-6-4-12(5-7-26)15-10-27(25-22-15)9-14-3-2-13(8-21-14)17-23-24-18(29-17)16(19)20/h2-3,8,10,12,16H,4-7,9H2,1H3. The molecule has 9 nitrogen and oxygen atoms in total. The molecular formula is C18H19F2N7O2. The molecule has 1 amide bonds. The van der Waals surface area contributed by atoms with Crippen molar-refractivity contribution >= 4 is 5.91 Å². The number of carbonyl (C=O) groups is 1. The van der Waals surface area contributed by atoms with E-state index < -0.39 is 12.3 Å². The van der Waals surface area contributed by atoms with Gasteiger partial charge in [-0.3, -0.25) is 9.78 Å². The van der Waals surface area contributed by atoms with E-state index in [-0.39, 0.29) is 17.7 Å². The fourth-order valence-corrected chi connectivity index (χ4v) is 3.32. The molecule has 0 atom stereocenters. The lowest BCUT2D eigenvalue weighted by atomic mass is 9.94. The number of hydrogen-bond acceptors (Lipinski definition) is 7. The van der Waals surface area contributed by atoms with Gasteiger partial charge in [-0.05, 0) is 25.0 Å². The van der Waals surface area contributed by atoms with Crippen molar-refractivity contribution < 1.29 is 18.0 Å². The minimum atomic E-state index is -2.81. The molecule has 1 saturated heterocycles. The van der Waals surface area contributed by atoms with Crippen molar-refractivity contribution in [2.75, 3.05) is 13.1 Å². The van der Waals surface area contributed by atoms with Gasteiger partial charge in [-0.25, -0.2) is 4.68 Å². The van der Waals surface area contributed by atoms with Gasteiger partial charge in [-0.2, -0.15) is 8.78 Å². The number of hydrogen-bond donors (Lipinski definition) is 0. The summed E-state index contributed by atoms with van der Waals surface area (Å²) in [5.74, 6) is -0.323. The number of likely N-dealkylation sites (tertiary alicyclic amines) is 1. The molecule has 4 heterocycles. The van der Waals surface area contributed by atoms with Gasteiger partial charge in [0.2, 0.25) is 11.8 Å². The highest BCUT2D eigenvalue weighted by Crippen LogP contribution is 2.26. The molecule has 4 rings (SSSR count). The largest absolute Gasteiger partial charge is 0.415 e. The molecule has 1 aliphatic heterocycles. The second-order valence-corrected chi connectivity index (χ2v) is 6.91. The number of alkyl halides is 2. The Bertz CT molecular complexity index is 978. The first-order valence-corrected chi connectivity index (χ1v) is 9.22. The molecule has 0 spiro atoms. The van der Waals surface area contributed by atoms with Crippen LogP contribution in [0.1, 0.15) is 49.4 Å². The maximum atomic E-state index is 12.5. The predicted molar refractivity (Wildman–Crippen MR) is 95.8 cm³/mol. The number of rotatable bonds is 5. The Kier molecular flexibility index (Phi) is 5.28. The Morgan fingerprint density at radius 2 is 2.03 bits per heavy atom. The molecular weight excluding hydrogens is 384 g/mol. The van der Waals surface area contributed by atoms with E-state index >= 15 is 0 Å². The van der Waals surface area contributed by atoms with E-state index in [2.05, 4.69) is 25.5 Å². The van der Waals surface area contributed by atoms with Crippen molar-refractivity contribution in [2.24, 2.45) is 0 Å². The minimum Gasteiger partial charge on any atom is -0.415 e. The minimum absolute atomic E-state index is 0.000652. The van der Waals surface area contributed by atoms with E-state index in [1.807, 2.05) is 11.1 Å². The smallest absolute Gasteiger partial charge is 0.314 e. The van der Waals surface area contributed by atoms with Gasteiger partial charge in [0.15, 0.2) is 0 Å². The molecule has 0 radical (unpaired) electrons. The van der Waals surface area contributed by atoms with Gasteiger partial charge in [-0.15, -0.1) is 15.3 Å². The van der Waals surface area contributed by atoms with Crippen LogP contribution in [0.15, 0.2) is 28.9 Å². The summed E-state index contributed by atoms with van der Waals surface area (Å²) in [6.07, 6.45) is 2.33. The van der Waals surface area contributed by atoms with E-state index in [0.29, 0.717) is 12.1 Å². The fraction of sp³-hybridized carbons (Fsp3) is 0.444. The third-order valence-electron chi connectivity index (χ3n) is 4.94. The van der Waals surface area contributed by atoms with E-state index in [1.165, 1.54) is 6.20 Å². The lowest BCUT2D eigenvalue weighted by molar-refractivity contribution is -0.129. The molecule has 3 aromatic rings. The molecule has 1 fully saturated rings. The Hall–Kier alpha value is -3.24. The van der Waals surface area contributed by atoms with Crippen LogP contribution in [0.2, 0.25) is 0 Å². The third kappa shape index (κ3) is 4.28. The summed E-state index contributed by atoms with van der Waals surface area (Å²) in [5, 5.41) is 15.3. The summed E-state index contributed by atoms with van der Waals surface area (Å²) in [6.45, 7) is 3.48. The number of pyridine rings is 1. The maximum absolute atomic E-state index is 12.5. The molecule has 29 heavy (non-hydrogen) atoms. The first kappa shape index (κ1) is 19.1. The molecule has 0 aliphatic carbocycles. The quantitative estimate of drug-likeness (QED) is 0.645. The average Bonchev–Trinajstić information content (AvgIpc) is 3.39. The molecule has 152 valence electrons. The zero-order chi connectivity index (χ0) is 20.4. The van der Waals surface area contributed by atoms with Crippen LogP contribution in [0.5, 0.6) is 0 Å². The summed E-state index contributed by atoms with van der Waals surface area (Å²) >= 11 is 0. The zero-order valence-corrected chi connectivity index (χ0v) is 15.7. The van der Waals surface area contributed by atoms with Crippen molar-refractivity contribution in [1.82, 2.24) is 35.1 Å². The van der Waals surface area contributed by atoms with Crippen LogP contribution in [0.3, 0.4) is 0 Å². The normalized spacial score (nSPS) is 15.2. The Balaban J connectivity index is 1.38. The zero-order valence-electron chi connectivity index (χ0n) is 15.7. The number of aromatic nitrogens is 6. The first-order chi connectivity index (χ1) is 14.0. The third-order valence-corrected chi connectivity index (χ3v) is 4.94. The fourth-order valence-electron chi connectivity index (χ4n) is 3.32. The van der Waals surface area contributed by atoms with Gasteiger partial charge in [0, 0.05) is 38.3 Å². The molecule has 0 aromatic carbocycles. The second-order valence-electron chi connectivity index (χ2n) is 6.91. The van der Waals surface area contributed by atoms with E-state index in [1.54, 1.807) is 23.7 Å². The van der Waals surface area contributed by atoms with Gasteiger partial charge in [-0.1, -0.05) is 5.21 Å². The monoisotopic (exact) mass is 403 g/mol. The highest BCUT2D eigenvalue weighted by atomic mass is 19.3. The summed E-state index contributed by atoms with van der Waals surface area (Å²) < 4.78 is 31.7. The number of carbonyl (C=O) groups excluding carboxylic acids is 1. The summed E-state index contributed by atoms with van der Waals surface area (Å²) in [4.78, 5) is 17.6. The molecule has 11 heteroatoms. The number of amides is 1. The average molecular weight is 403 g/mol. The Labute approximate surface area is 164 Å². The van der Waals surface area contributed by atoms with Crippen molar-refractivity contribution in [3.63, 3.8) is 0 Å². The van der Waals surface area contributed by atoms with Crippen LogP contribution >= 0.6 is 0 Å². The SMILES string of the molecule is CC(=O)N1CCC(c2cn(Cc3ccc(-c4nnc(C(F)F)o4)cn3)nn2)CC1.